The third-order valence-corrected chi connectivity index (χ3v) is 6.14. The summed E-state index contributed by atoms with van der Waals surface area (Å²) in [7, 11) is 3.49. The lowest BCUT2D eigenvalue weighted by Crippen LogP contribution is -2.27. The number of ether oxygens (including phenoxy) is 1. The van der Waals surface area contributed by atoms with E-state index >= 15 is 0 Å². The molecule has 0 saturated carbocycles. The number of rotatable bonds is 13. The first-order valence-electron chi connectivity index (χ1n) is 8.41. The molecule has 0 unspecified atom stereocenters. The predicted molar refractivity (Wildman–Crippen MR) is 107 cm³/mol. The van der Waals surface area contributed by atoms with Crippen molar-refractivity contribution in [3.05, 3.63) is 28.4 Å². The summed E-state index contributed by atoms with van der Waals surface area (Å²) in [6, 6.07) is 3.25. The number of aliphatic hydroxyl groups excluding tert-OH is 1. The Balaban J connectivity index is 2.29. The van der Waals surface area contributed by atoms with E-state index in [1.54, 1.807) is 33.7 Å². The van der Waals surface area contributed by atoms with Crippen LogP contribution in [0.1, 0.15) is 44.5 Å². The van der Waals surface area contributed by atoms with E-state index in [9.17, 15) is 14.8 Å². The van der Waals surface area contributed by atoms with Gasteiger partial charge in [0, 0.05) is 29.8 Å². The number of pyridine rings is 1. The molecule has 0 aliphatic carbocycles. The maximum absolute atomic E-state index is 11.9. The van der Waals surface area contributed by atoms with Crippen LogP contribution in [0.5, 0.6) is 5.75 Å². The van der Waals surface area contributed by atoms with Crippen molar-refractivity contribution in [3.63, 3.8) is 0 Å². The van der Waals surface area contributed by atoms with Gasteiger partial charge in [0.15, 0.2) is 0 Å². The molecule has 2 N–H and O–H groups in total. The molecule has 7 nitrogen and oxygen atoms in total. The summed E-state index contributed by atoms with van der Waals surface area (Å²) in [6.45, 7) is 4.93. The molecule has 1 rings (SSSR count). The minimum absolute atomic E-state index is 0.0469. The average molecular weight is 402 g/mol. The molecular weight excluding hydrogens is 374 g/mol. The number of hydrogen-bond acceptors (Lipinski definition) is 8. The molecule has 146 valence electrons. The van der Waals surface area contributed by atoms with Crippen molar-refractivity contribution in [2.75, 3.05) is 19.4 Å². The summed E-state index contributed by atoms with van der Waals surface area (Å²) in [6.07, 6.45) is 4.03. The largest absolute Gasteiger partial charge is 0.493 e. The van der Waals surface area contributed by atoms with Gasteiger partial charge in [-0.15, -0.1) is 0 Å². The van der Waals surface area contributed by atoms with E-state index in [4.69, 9.17) is 4.74 Å². The summed E-state index contributed by atoms with van der Waals surface area (Å²) in [5.41, 5.74) is 0.890. The summed E-state index contributed by atoms with van der Waals surface area (Å²) >= 11 is 0. The molecule has 1 amide bonds. The molecule has 0 radical (unpaired) electrons. The zero-order chi connectivity index (χ0) is 19.4. The summed E-state index contributed by atoms with van der Waals surface area (Å²) in [5.74, 6) is 0.579. The van der Waals surface area contributed by atoms with Gasteiger partial charge in [0.25, 0.3) is 0 Å². The molecule has 0 atom stereocenters. The predicted octanol–water partition coefficient (Wildman–Crippen LogP) is 3.30. The number of aromatic nitrogens is 1. The molecular formula is C17H27N3O4S2. The van der Waals surface area contributed by atoms with Crippen LogP contribution in [0, 0.1) is 4.91 Å². The number of hydrogen-bond donors (Lipinski definition) is 2. The molecule has 0 bridgehead atoms. The standard InChI is InChI=1S/C17H27N3O4S2/c1-17(2,26-25-3)6-5-16(22)18-7-4-8-24-15-9-13(11-19-23)20-14(10-15)12-21/h9-10,21H,4-8,11-12H2,1-3H3,(H,18,22). The molecule has 0 fully saturated rings. The number of nitrogens with zero attached hydrogens (tertiary/aromatic N) is 2. The molecule has 1 aromatic rings. The minimum Gasteiger partial charge on any atom is -0.493 e. The number of amides is 1. The highest BCUT2D eigenvalue weighted by atomic mass is 33.1. The maximum Gasteiger partial charge on any atom is 0.220 e. The van der Waals surface area contributed by atoms with E-state index in [0.29, 0.717) is 43.1 Å². The molecule has 26 heavy (non-hydrogen) atoms. The van der Waals surface area contributed by atoms with Crippen LogP contribution in [-0.2, 0) is 17.9 Å². The number of aliphatic hydroxyl groups is 1. The van der Waals surface area contributed by atoms with Gasteiger partial charge in [-0.05, 0) is 32.9 Å². The van der Waals surface area contributed by atoms with Crippen molar-refractivity contribution >= 4 is 27.5 Å². The second-order valence-electron chi connectivity index (χ2n) is 6.29. The van der Waals surface area contributed by atoms with Crippen LogP contribution < -0.4 is 10.1 Å². The fraction of sp³-hybridized carbons (Fsp3) is 0.647. The molecule has 0 spiro atoms. The number of nitroso groups, excluding NO2 is 1. The van der Waals surface area contributed by atoms with Gasteiger partial charge in [-0.3, -0.25) is 9.78 Å². The van der Waals surface area contributed by atoms with Gasteiger partial charge in [-0.1, -0.05) is 26.8 Å². The van der Waals surface area contributed by atoms with Crippen molar-refractivity contribution in [3.8, 4) is 5.75 Å². The summed E-state index contributed by atoms with van der Waals surface area (Å²) < 4.78 is 5.69. The lowest BCUT2D eigenvalue weighted by atomic mass is 10.1. The van der Waals surface area contributed by atoms with Crippen LogP contribution in [0.25, 0.3) is 0 Å². The minimum atomic E-state index is -0.232. The molecule has 0 saturated heterocycles. The quantitative estimate of drug-likeness (QED) is 0.297. The first-order valence-corrected chi connectivity index (χ1v) is 11.0. The van der Waals surface area contributed by atoms with Crippen molar-refractivity contribution in [1.29, 1.82) is 0 Å². The number of carbonyl (C=O) groups excluding carboxylic acids is 1. The van der Waals surface area contributed by atoms with Gasteiger partial charge in [-0.25, -0.2) is 0 Å². The fourth-order valence-corrected chi connectivity index (χ4v) is 4.43. The zero-order valence-corrected chi connectivity index (χ0v) is 17.1. The Morgan fingerprint density at radius 2 is 2.12 bits per heavy atom. The van der Waals surface area contributed by atoms with Crippen LogP contribution in [0.2, 0.25) is 0 Å². The second kappa shape index (κ2) is 12.1. The van der Waals surface area contributed by atoms with Crippen molar-refractivity contribution in [1.82, 2.24) is 10.3 Å². The van der Waals surface area contributed by atoms with E-state index in [1.807, 2.05) is 6.26 Å². The van der Waals surface area contributed by atoms with E-state index in [2.05, 4.69) is 29.3 Å². The average Bonchev–Trinajstić information content (AvgIpc) is 2.60. The Morgan fingerprint density at radius 1 is 1.38 bits per heavy atom. The lowest BCUT2D eigenvalue weighted by Gasteiger charge is -2.21. The highest BCUT2D eigenvalue weighted by Crippen LogP contribution is 2.36. The van der Waals surface area contributed by atoms with Crippen molar-refractivity contribution in [2.45, 2.75) is 51.0 Å². The normalized spacial score (nSPS) is 11.2. The van der Waals surface area contributed by atoms with E-state index in [1.165, 1.54) is 0 Å². The van der Waals surface area contributed by atoms with Gasteiger partial charge < -0.3 is 15.2 Å². The SMILES string of the molecule is CSSC(C)(C)CCC(=O)NCCCOc1cc(CO)nc(CN=O)c1. The van der Waals surface area contributed by atoms with Gasteiger partial charge in [0.05, 0.1) is 24.6 Å². The molecule has 0 aliphatic rings. The van der Waals surface area contributed by atoms with Crippen molar-refractivity contribution in [2.24, 2.45) is 5.18 Å². The van der Waals surface area contributed by atoms with E-state index < -0.39 is 0 Å². The Kier molecular flexibility index (Phi) is 10.6. The molecule has 0 aliphatic heterocycles. The summed E-state index contributed by atoms with van der Waals surface area (Å²) in [4.78, 5) is 26.3. The molecule has 9 heteroatoms. The zero-order valence-electron chi connectivity index (χ0n) is 15.5. The lowest BCUT2D eigenvalue weighted by molar-refractivity contribution is -0.121. The molecule has 1 heterocycles. The first kappa shape index (κ1) is 22.7. The maximum atomic E-state index is 11.9. The Labute approximate surface area is 162 Å². The first-order chi connectivity index (χ1) is 12.4. The van der Waals surface area contributed by atoms with Crippen LogP contribution >= 0.6 is 21.6 Å². The summed E-state index contributed by atoms with van der Waals surface area (Å²) in [5, 5.41) is 14.9. The third-order valence-electron chi connectivity index (χ3n) is 3.47. The Morgan fingerprint density at radius 3 is 2.77 bits per heavy atom. The Bertz CT molecular complexity index is 585. The van der Waals surface area contributed by atoms with Crippen LogP contribution in [0.15, 0.2) is 17.3 Å². The van der Waals surface area contributed by atoms with Gasteiger partial charge in [0.1, 0.15) is 12.3 Å². The van der Waals surface area contributed by atoms with Gasteiger partial charge >= 0.3 is 0 Å². The van der Waals surface area contributed by atoms with E-state index in [-0.39, 0.29) is 23.8 Å². The van der Waals surface area contributed by atoms with Gasteiger partial charge in [-0.2, -0.15) is 4.91 Å². The van der Waals surface area contributed by atoms with Crippen LogP contribution in [0.4, 0.5) is 0 Å². The monoisotopic (exact) mass is 401 g/mol. The fourth-order valence-electron chi connectivity index (χ4n) is 2.19. The van der Waals surface area contributed by atoms with Crippen molar-refractivity contribution < 1.29 is 14.6 Å². The van der Waals surface area contributed by atoms with E-state index in [0.717, 1.165) is 6.42 Å². The van der Waals surface area contributed by atoms with Crippen LogP contribution in [0.3, 0.4) is 0 Å². The van der Waals surface area contributed by atoms with Gasteiger partial charge in [0.2, 0.25) is 5.91 Å². The molecule has 1 aromatic heterocycles. The number of carbonyl (C=O) groups is 1. The Hall–Kier alpha value is -1.32. The molecule has 0 aromatic carbocycles. The highest BCUT2D eigenvalue weighted by molar-refractivity contribution is 8.76. The van der Waals surface area contributed by atoms with Crippen LogP contribution in [-0.4, -0.2) is 40.2 Å². The smallest absolute Gasteiger partial charge is 0.220 e. The topological polar surface area (TPSA) is 101 Å². The third kappa shape index (κ3) is 9.40. The second-order valence-corrected chi connectivity index (χ2v) is 9.40. The number of nitrogens with one attached hydrogen (secondary N) is 1. The highest BCUT2D eigenvalue weighted by Gasteiger charge is 2.19.